The molecule has 0 saturated carbocycles. The van der Waals surface area contributed by atoms with E-state index >= 15 is 0 Å². The third kappa shape index (κ3) is 4.92. The molecule has 0 aliphatic carbocycles. The van der Waals surface area contributed by atoms with Gasteiger partial charge in [-0.1, -0.05) is 23.7 Å². The number of aryl methyl sites for hydroxylation is 2. The van der Waals surface area contributed by atoms with Crippen LogP contribution in [-0.4, -0.2) is 39.7 Å². The minimum atomic E-state index is -0.553. The van der Waals surface area contributed by atoms with Gasteiger partial charge >= 0.3 is 0 Å². The largest absolute Gasteiger partial charge is 0.497 e. The first-order valence-corrected chi connectivity index (χ1v) is 12.9. The smallest absolute Gasteiger partial charge is 0.242 e. The van der Waals surface area contributed by atoms with Crippen molar-refractivity contribution in [3.8, 4) is 10.8 Å². The summed E-state index contributed by atoms with van der Waals surface area (Å²) in [6.45, 7) is 6.10. The van der Waals surface area contributed by atoms with E-state index in [1.54, 1.807) is 24.7 Å². The van der Waals surface area contributed by atoms with Gasteiger partial charge in [-0.25, -0.2) is 5.43 Å². The Kier molecular flexibility index (Phi) is 6.90. The van der Waals surface area contributed by atoms with Gasteiger partial charge in [0.25, 0.3) is 0 Å². The molecule has 0 saturated heterocycles. The summed E-state index contributed by atoms with van der Waals surface area (Å²) in [6.07, 6.45) is 1.64. The number of aromatic nitrogens is 3. The van der Waals surface area contributed by atoms with E-state index in [1.807, 2.05) is 60.0 Å². The van der Waals surface area contributed by atoms with E-state index in [9.17, 15) is 4.79 Å². The molecule has 1 N–H and O–H groups in total. The van der Waals surface area contributed by atoms with Gasteiger partial charge in [0.2, 0.25) is 5.91 Å². The molecule has 0 unspecified atom stereocenters. The number of fused-ring (bicyclic) bond motifs is 3. The topological polar surface area (TPSA) is 93.8 Å². The molecule has 10 heteroatoms. The Morgan fingerprint density at radius 3 is 2.57 bits per heavy atom. The van der Waals surface area contributed by atoms with Crippen LogP contribution in [0.15, 0.2) is 58.6 Å². The number of hydrogen-bond donors (Lipinski definition) is 1. The number of methoxy groups -OCH3 is 1. The van der Waals surface area contributed by atoms with E-state index in [4.69, 9.17) is 21.3 Å². The lowest BCUT2D eigenvalue weighted by Gasteiger charge is -2.12. The first-order valence-electron chi connectivity index (χ1n) is 11.7. The molecular formula is C27H25ClN6O2S. The summed E-state index contributed by atoms with van der Waals surface area (Å²) in [6, 6.07) is 14.4. The van der Waals surface area contributed by atoms with E-state index in [2.05, 4.69) is 34.6 Å². The van der Waals surface area contributed by atoms with Crippen LogP contribution < -0.4 is 10.2 Å². The molecule has 0 fully saturated rings. The number of carbonyl (C=O) groups is 1. The van der Waals surface area contributed by atoms with Gasteiger partial charge in [-0.15, -0.1) is 21.5 Å². The molecule has 1 aliphatic heterocycles. The Morgan fingerprint density at radius 2 is 1.86 bits per heavy atom. The molecule has 3 heterocycles. The van der Waals surface area contributed by atoms with Gasteiger partial charge < -0.3 is 4.74 Å². The van der Waals surface area contributed by atoms with E-state index in [-0.39, 0.29) is 12.3 Å². The second-order valence-corrected chi connectivity index (χ2v) is 10.3. The molecule has 1 aliphatic rings. The van der Waals surface area contributed by atoms with Gasteiger partial charge in [-0.3, -0.25) is 14.4 Å². The van der Waals surface area contributed by atoms with Crippen molar-refractivity contribution in [2.75, 3.05) is 7.11 Å². The highest BCUT2D eigenvalue weighted by Crippen LogP contribution is 2.39. The van der Waals surface area contributed by atoms with Crippen molar-refractivity contribution >= 4 is 40.8 Å². The lowest BCUT2D eigenvalue weighted by atomic mass is 9.99. The molecule has 5 rings (SSSR count). The number of ether oxygens (including phenoxy) is 1. The number of aliphatic imine (C=N–C) groups is 1. The second-order valence-electron chi connectivity index (χ2n) is 8.68. The van der Waals surface area contributed by atoms with E-state index in [1.165, 1.54) is 4.88 Å². The Hall–Kier alpha value is -3.82. The number of nitrogens with one attached hydrogen (secondary N) is 1. The molecule has 1 atom stereocenters. The number of hydrazone groups is 1. The Morgan fingerprint density at radius 1 is 1.14 bits per heavy atom. The first-order chi connectivity index (χ1) is 17.9. The van der Waals surface area contributed by atoms with Gasteiger partial charge in [-0.2, -0.15) is 5.10 Å². The zero-order valence-electron chi connectivity index (χ0n) is 20.8. The highest BCUT2D eigenvalue weighted by molar-refractivity contribution is 7.15. The molecule has 4 aromatic rings. The van der Waals surface area contributed by atoms with Crippen molar-refractivity contribution in [2.45, 2.75) is 33.2 Å². The van der Waals surface area contributed by atoms with Crippen molar-refractivity contribution in [3.63, 3.8) is 0 Å². The highest BCUT2D eigenvalue weighted by atomic mass is 35.5. The maximum absolute atomic E-state index is 13.0. The average molecular weight is 533 g/mol. The summed E-state index contributed by atoms with van der Waals surface area (Å²) >= 11 is 7.84. The van der Waals surface area contributed by atoms with Gasteiger partial charge in [-0.05, 0) is 68.3 Å². The Labute approximate surface area is 223 Å². The number of amides is 1. The summed E-state index contributed by atoms with van der Waals surface area (Å²) in [5.74, 6) is 1.84. The number of rotatable bonds is 6. The fourth-order valence-corrected chi connectivity index (χ4v) is 5.56. The van der Waals surface area contributed by atoms with Crippen molar-refractivity contribution < 1.29 is 9.53 Å². The number of nitrogens with zero attached hydrogens (tertiary/aromatic N) is 5. The number of benzene rings is 2. The fourth-order valence-electron chi connectivity index (χ4n) is 4.22. The second kappa shape index (κ2) is 10.3. The third-order valence-electron chi connectivity index (χ3n) is 6.25. The molecule has 0 radical (unpaired) electrons. The zero-order chi connectivity index (χ0) is 26.1. The standard InChI is InChI=1S/C27H25ClN6O2S/c1-15-16(2)37-27-24(15)25(19-7-9-20(28)10-8-19)30-22(26-33-31-17(3)34(26)27)13-23(35)32-29-14-18-5-11-21(36-4)12-6-18/h5-12,14,22H,13H2,1-4H3,(H,32,35)/b29-14+/t22-/m0/s1. The van der Waals surface area contributed by atoms with Crippen LogP contribution in [0.4, 0.5) is 0 Å². The molecule has 2 aromatic heterocycles. The van der Waals surface area contributed by atoms with Crippen LogP contribution >= 0.6 is 22.9 Å². The normalized spacial score (nSPS) is 14.6. The average Bonchev–Trinajstić information content (AvgIpc) is 3.37. The maximum atomic E-state index is 13.0. The van der Waals surface area contributed by atoms with Crippen LogP contribution in [0.5, 0.6) is 5.75 Å². The summed E-state index contributed by atoms with van der Waals surface area (Å²) < 4.78 is 7.19. The van der Waals surface area contributed by atoms with Gasteiger partial charge in [0, 0.05) is 21.0 Å². The summed E-state index contributed by atoms with van der Waals surface area (Å²) in [5.41, 5.74) is 7.35. The van der Waals surface area contributed by atoms with Gasteiger partial charge in [0.15, 0.2) is 5.82 Å². The van der Waals surface area contributed by atoms with Crippen LogP contribution in [0.1, 0.15) is 51.2 Å². The lowest BCUT2D eigenvalue weighted by molar-refractivity contribution is -0.121. The number of thiophene rings is 1. The number of carbonyl (C=O) groups excluding carboxylic acids is 1. The SMILES string of the molecule is COc1ccc(/C=N/NC(=O)C[C@@H]2N=C(c3ccc(Cl)cc3)c3c(sc(C)c3C)-n3c(C)nnc32)cc1. The Bertz CT molecular complexity index is 1520. The van der Waals surface area contributed by atoms with Crippen LogP contribution in [0.3, 0.4) is 0 Å². The summed E-state index contributed by atoms with van der Waals surface area (Å²) in [7, 11) is 1.61. The molecule has 8 nitrogen and oxygen atoms in total. The summed E-state index contributed by atoms with van der Waals surface area (Å²) in [4.78, 5) is 19.3. The van der Waals surface area contributed by atoms with Crippen molar-refractivity contribution in [1.82, 2.24) is 20.2 Å². The van der Waals surface area contributed by atoms with Crippen LogP contribution in [-0.2, 0) is 4.79 Å². The fraction of sp³-hybridized carbons (Fsp3) is 0.222. The van der Waals surface area contributed by atoms with Crippen LogP contribution in [0, 0.1) is 20.8 Å². The third-order valence-corrected chi connectivity index (χ3v) is 7.70. The first kappa shape index (κ1) is 24.9. The van der Waals surface area contributed by atoms with Crippen LogP contribution in [0.2, 0.25) is 5.02 Å². The predicted molar refractivity (Wildman–Crippen MR) is 147 cm³/mol. The minimum absolute atomic E-state index is 0.0577. The molecule has 1 amide bonds. The zero-order valence-corrected chi connectivity index (χ0v) is 22.4. The lowest BCUT2D eigenvalue weighted by Crippen LogP contribution is -2.21. The number of halogens is 1. The van der Waals surface area contributed by atoms with Crippen molar-refractivity contribution in [3.05, 3.63) is 92.3 Å². The minimum Gasteiger partial charge on any atom is -0.497 e. The van der Waals surface area contributed by atoms with E-state index < -0.39 is 6.04 Å². The molecular weight excluding hydrogens is 508 g/mol. The van der Waals surface area contributed by atoms with E-state index in [0.29, 0.717) is 10.8 Å². The Balaban J connectivity index is 1.49. The molecule has 0 bridgehead atoms. The van der Waals surface area contributed by atoms with E-state index in [0.717, 1.165) is 44.5 Å². The van der Waals surface area contributed by atoms with Crippen LogP contribution in [0.25, 0.3) is 5.00 Å². The number of hydrogen-bond acceptors (Lipinski definition) is 7. The monoisotopic (exact) mass is 532 g/mol. The molecule has 0 spiro atoms. The summed E-state index contributed by atoms with van der Waals surface area (Å²) in [5, 5.41) is 14.5. The molecule has 2 aromatic carbocycles. The predicted octanol–water partition coefficient (Wildman–Crippen LogP) is 5.35. The molecule has 37 heavy (non-hydrogen) atoms. The van der Waals surface area contributed by atoms with Crippen molar-refractivity contribution in [1.29, 1.82) is 0 Å². The van der Waals surface area contributed by atoms with Crippen molar-refractivity contribution in [2.24, 2.45) is 10.1 Å². The van der Waals surface area contributed by atoms with Gasteiger partial charge in [0.05, 0.1) is 25.5 Å². The maximum Gasteiger partial charge on any atom is 0.242 e. The quantitative estimate of drug-likeness (QED) is 0.267. The highest BCUT2D eigenvalue weighted by Gasteiger charge is 2.32. The molecule has 188 valence electrons. The van der Waals surface area contributed by atoms with Gasteiger partial charge in [0.1, 0.15) is 22.6 Å².